The number of thiophene rings is 1. The molecule has 0 spiro atoms. The minimum absolute atomic E-state index is 0.311. The van der Waals surface area contributed by atoms with Gasteiger partial charge in [0.2, 0.25) is 0 Å². The van der Waals surface area contributed by atoms with E-state index in [1.165, 1.54) is 14.2 Å². The van der Waals surface area contributed by atoms with E-state index in [9.17, 15) is 0 Å². The summed E-state index contributed by atoms with van der Waals surface area (Å²) in [6.07, 6.45) is 4.73. The third-order valence-corrected chi connectivity index (χ3v) is 4.69. The molecular formula is C13H14Br2N2S. The Kier molecular flexibility index (Phi) is 5.36. The van der Waals surface area contributed by atoms with Gasteiger partial charge in [-0.25, -0.2) is 0 Å². The number of likely N-dealkylation sites (N-methyl/N-ethyl adjacent to an activating group) is 1. The molecule has 2 nitrogen and oxygen atoms in total. The highest BCUT2D eigenvalue weighted by molar-refractivity contribution is 9.11. The van der Waals surface area contributed by atoms with Gasteiger partial charge in [-0.05, 0) is 62.2 Å². The molecule has 0 amide bonds. The van der Waals surface area contributed by atoms with Gasteiger partial charge < -0.3 is 5.32 Å². The minimum atomic E-state index is 0.311. The van der Waals surface area contributed by atoms with Gasteiger partial charge in [-0.15, -0.1) is 11.3 Å². The number of nitrogens with one attached hydrogen (secondary N) is 1. The molecule has 0 radical (unpaired) electrons. The first kappa shape index (κ1) is 14.2. The molecule has 18 heavy (non-hydrogen) atoms. The van der Waals surface area contributed by atoms with Gasteiger partial charge in [0.15, 0.2) is 0 Å². The average molecular weight is 390 g/mol. The Hall–Kier alpha value is -0.230. The van der Waals surface area contributed by atoms with Gasteiger partial charge in [0, 0.05) is 34.2 Å². The zero-order valence-corrected chi connectivity index (χ0v) is 14.0. The van der Waals surface area contributed by atoms with Crippen LogP contribution in [0.15, 0.2) is 38.9 Å². The van der Waals surface area contributed by atoms with Gasteiger partial charge in [-0.2, -0.15) is 0 Å². The van der Waals surface area contributed by atoms with Gasteiger partial charge in [0.25, 0.3) is 0 Å². The Labute approximate surface area is 128 Å². The molecule has 0 saturated heterocycles. The summed E-state index contributed by atoms with van der Waals surface area (Å²) in [5, 5.41) is 3.51. The van der Waals surface area contributed by atoms with Crippen molar-refractivity contribution in [2.75, 3.05) is 6.54 Å². The third kappa shape index (κ3) is 3.88. The number of aromatic nitrogens is 1. The first-order chi connectivity index (χ1) is 8.69. The van der Waals surface area contributed by atoms with E-state index in [4.69, 9.17) is 0 Å². The predicted octanol–water partition coefficient (Wildman–Crippen LogP) is 4.56. The van der Waals surface area contributed by atoms with Crippen molar-refractivity contribution >= 4 is 43.2 Å². The maximum Gasteiger partial charge on any atom is 0.0701 e. The van der Waals surface area contributed by atoms with E-state index in [2.05, 4.69) is 67.3 Å². The topological polar surface area (TPSA) is 24.9 Å². The lowest BCUT2D eigenvalue weighted by molar-refractivity contribution is 0.551. The Bertz CT molecular complexity index is 513. The van der Waals surface area contributed by atoms with Gasteiger partial charge in [0.1, 0.15) is 0 Å². The number of rotatable bonds is 5. The molecule has 1 unspecified atom stereocenters. The maximum absolute atomic E-state index is 4.24. The first-order valence-corrected chi connectivity index (χ1v) is 8.17. The second kappa shape index (κ2) is 6.80. The molecule has 2 heterocycles. The fourth-order valence-corrected chi connectivity index (χ4v) is 3.75. The van der Waals surface area contributed by atoms with Gasteiger partial charge >= 0.3 is 0 Å². The standard InChI is InChI=1S/C13H14Br2N2S/c1-2-17-12(6-11-3-4-13(15)18-11)9-5-10(14)8-16-7-9/h3-5,7-8,12,17H,2,6H2,1H3. The molecule has 2 aromatic heterocycles. The van der Waals surface area contributed by atoms with Crippen LogP contribution in [-0.2, 0) is 6.42 Å². The number of pyridine rings is 1. The summed E-state index contributed by atoms with van der Waals surface area (Å²) in [4.78, 5) is 5.61. The lowest BCUT2D eigenvalue weighted by atomic mass is 10.1. The van der Waals surface area contributed by atoms with Crippen molar-refractivity contribution in [3.8, 4) is 0 Å². The fraction of sp³-hybridized carbons (Fsp3) is 0.308. The molecule has 0 saturated carbocycles. The molecule has 5 heteroatoms. The maximum atomic E-state index is 4.24. The number of nitrogens with zero attached hydrogens (tertiary/aromatic N) is 1. The summed E-state index contributed by atoms with van der Waals surface area (Å²) in [5.41, 5.74) is 1.22. The van der Waals surface area contributed by atoms with Crippen molar-refractivity contribution in [1.29, 1.82) is 0 Å². The van der Waals surface area contributed by atoms with E-state index in [-0.39, 0.29) is 0 Å². The van der Waals surface area contributed by atoms with Gasteiger partial charge in [-0.3, -0.25) is 4.98 Å². The monoisotopic (exact) mass is 388 g/mol. The zero-order chi connectivity index (χ0) is 13.0. The molecule has 96 valence electrons. The van der Waals surface area contributed by atoms with Crippen LogP contribution in [0.1, 0.15) is 23.4 Å². The summed E-state index contributed by atoms with van der Waals surface area (Å²) in [6, 6.07) is 6.71. The van der Waals surface area contributed by atoms with E-state index in [0.717, 1.165) is 17.4 Å². The normalized spacial score (nSPS) is 12.6. The van der Waals surface area contributed by atoms with E-state index in [1.54, 1.807) is 11.3 Å². The van der Waals surface area contributed by atoms with Crippen LogP contribution >= 0.6 is 43.2 Å². The average Bonchev–Trinajstić information content (AvgIpc) is 2.74. The summed E-state index contributed by atoms with van der Waals surface area (Å²) < 4.78 is 2.20. The van der Waals surface area contributed by atoms with Crippen molar-refractivity contribution in [3.05, 3.63) is 49.3 Å². The first-order valence-electron chi connectivity index (χ1n) is 5.77. The Morgan fingerprint density at radius 3 is 2.78 bits per heavy atom. The van der Waals surface area contributed by atoms with Crippen molar-refractivity contribution in [3.63, 3.8) is 0 Å². The SMILES string of the molecule is CCNC(Cc1ccc(Br)s1)c1cncc(Br)c1. The molecule has 0 aliphatic rings. The molecular weight excluding hydrogens is 376 g/mol. The van der Waals surface area contributed by atoms with Crippen molar-refractivity contribution in [2.24, 2.45) is 0 Å². The summed E-state index contributed by atoms with van der Waals surface area (Å²) in [5.74, 6) is 0. The second-order valence-corrected chi connectivity index (χ2v) is 7.42. The van der Waals surface area contributed by atoms with Gasteiger partial charge in [-0.1, -0.05) is 6.92 Å². The quantitative estimate of drug-likeness (QED) is 0.810. The molecule has 1 atom stereocenters. The van der Waals surface area contributed by atoms with Crippen LogP contribution in [0, 0.1) is 0 Å². The summed E-state index contributed by atoms with van der Waals surface area (Å²) in [7, 11) is 0. The molecule has 2 aromatic rings. The van der Waals surface area contributed by atoms with E-state index >= 15 is 0 Å². The fourth-order valence-electron chi connectivity index (χ4n) is 1.84. The summed E-state index contributed by atoms with van der Waals surface area (Å²) in [6.45, 7) is 3.08. The van der Waals surface area contributed by atoms with Crippen LogP contribution in [0.5, 0.6) is 0 Å². The molecule has 0 aromatic carbocycles. The number of hydrogen-bond acceptors (Lipinski definition) is 3. The van der Waals surface area contributed by atoms with Crippen LogP contribution in [0.25, 0.3) is 0 Å². The van der Waals surface area contributed by atoms with Crippen LogP contribution < -0.4 is 5.32 Å². The van der Waals surface area contributed by atoms with E-state index in [1.807, 2.05) is 12.4 Å². The smallest absolute Gasteiger partial charge is 0.0701 e. The summed E-state index contributed by atoms with van der Waals surface area (Å²) >= 11 is 8.77. The highest BCUT2D eigenvalue weighted by Crippen LogP contribution is 2.27. The predicted molar refractivity (Wildman–Crippen MR) is 84.1 cm³/mol. The largest absolute Gasteiger partial charge is 0.310 e. The Morgan fingerprint density at radius 2 is 2.17 bits per heavy atom. The minimum Gasteiger partial charge on any atom is -0.310 e. The highest BCUT2D eigenvalue weighted by atomic mass is 79.9. The number of hydrogen-bond donors (Lipinski definition) is 1. The lowest BCUT2D eigenvalue weighted by Gasteiger charge is -2.17. The van der Waals surface area contributed by atoms with Crippen LogP contribution in [0.4, 0.5) is 0 Å². The third-order valence-electron chi connectivity index (χ3n) is 2.61. The van der Waals surface area contributed by atoms with E-state index in [0.29, 0.717) is 6.04 Å². The molecule has 0 aliphatic carbocycles. The van der Waals surface area contributed by atoms with Gasteiger partial charge in [0.05, 0.1) is 3.79 Å². The lowest BCUT2D eigenvalue weighted by Crippen LogP contribution is -2.22. The van der Waals surface area contributed by atoms with Crippen molar-refractivity contribution < 1.29 is 0 Å². The van der Waals surface area contributed by atoms with Crippen molar-refractivity contribution in [1.82, 2.24) is 10.3 Å². The molecule has 1 N–H and O–H groups in total. The number of halogens is 2. The van der Waals surface area contributed by atoms with Crippen molar-refractivity contribution in [2.45, 2.75) is 19.4 Å². The zero-order valence-electron chi connectivity index (χ0n) is 9.99. The Balaban J connectivity index is 2.17. The molecule has 2 rings (SSSR count). The van der Waals surface area contributed by atoms with Crippen LogP contribution in [-0.4, -0.2) is 11.5 Å². The van der Waals surface area contributed by atoms with E-state index < -0.39 is 0 Å². The second-order valence-electron chi connectivity index (χ2n) is 3.96. The van der Waals surface area contributed by atoms with Crippen LogP contribution in [0.2, 0.25) is 0 Å². The highest BCUT2D eigenvalue weighted by Gasteiger charge is 2.13. The molecule has 0 bridgehead atoms. The molecule has 0 aliphatic heterocycles. The Morgan fingerprint density at radius 1 is 1.33 bits per heavy atom. The molecule has 0 fully saturated rings. The van der Waals surface area contributed by atoms with Crippen LogP contribution in [0.3, 0.4) is 0 Å².